The molecule has 1 unspecified atom stereocenters. The number of rotatable bonds is 4. The number of pyridine rings is 1. The summed E-state index contributed by atoms with van der Waals surface area (Å²) < 4.78 is 22.5. The maximum absolute atomic E-state index is 11.9. The fourth-order valence-electron chi connectivity index (χ4n) is 1.86. The number of carbonyl (C=O) groups is 1. The van der Waals surface area contributed by atoms with Crippen LogP contribution in [0.1, 0.15) is 6.42 Å². The minimum Gasteiger partial charge on any atom is -0.325 e. The van der Waals surface area contributed by atoms with Gasteiger partial charge in [0.05, 0.1) is 11.9 Å². The van der Waals surface area contributed by atoms with Crippen molar-refractivity contribution in [2.45, 2.75) is 17.5 Å². The molecule has 1 saturated heterocycles. The Hall–Kier alpha value is -1.12. The smallest absolute Gasteiger partial charge is 0.226 e. The number of amides is 1. The maximum Gasteiger partial charge on any atom is 0.226 e. The fraction of sp³-hybridized carbons (Fsp3) is 0.500. The van der Waals surface area contributed by atoms with E-state index in [1.807, 2.05) is 11.8 Å². The van der Waals surface area contributed by atoms with Crippen molar-refractivity contribution in [1.29, 1.82) is 0 Å². The molecule has 1 aliphatic heterocycles. The van der Waals surface area contributed by atoms with E-state index in [0.717, 1.165) is 24.3 Å². The van der Waals surface area contributed by atoms with Gasteiger partial charge in [0.25, 0.3) is 0 Å². The Balaban J connectivity index is 1.91. The lowest BCUT2D eigenvalue weighted by molar-refractivity contribution is -0.116. The average Bonchev–Trinajstić information content (AvgIpc) is 2.39. The Labute approximate surface area is 122 Å². The van der Waals surface area contributed by atoms with Crippen molar-refractivity contribution >= 4 is 33.2 Å². The van der Waals surface area contributed by atoms with Crippen LogP contribution in [0.25, 0.3) is 0 Å². The topological polar surface area (TPSA) is 88.2 Å². The van der Waals surface area contributed by atoms with Gasteiger partial charge in [0.1, 0.15) is 0 Å². The lowest BCUT2D eigenvalue weighted by Gasteiger charge is -2.22. The quantitative estimate of drug-likeness (QED) is 0.842. The van der Waals surface area contributed by atoms with Gasteiger partial charge in [-0.2, -0.15) is 11.8 Å². The molecule has 8 heteroatoms. The number of nitrogens with one attached hydrogen (secondary N) is 2. The highest BCUT2D eigenvalue weighted by Gasteiger charge is 2.17. The first-order valence-corrected chi connectivity index (χ1v) is 9.27. The van der Waals surface area contributed by atoms with Gasteiger partial charge in [-0.3, -0.25) is 4.79 Å². The van der Waals surface area contributed by atoms with Crippen molar-refractivity contribution in [1.82, 2.24) is 10.3 Å². The summed E-state index contributed by atoms with van der Waals surface area (Å²) in [7, 11) is -3.31. The van der Waals surface area contributed by atoms with Crippen LogP contribution in [0.3, 0.4) is 0 Å². The molecule has 0 aliphatic carbocycles. The summed E-state index contributed by atoms with van der Waals surface area (Å²) in [5, 5.41) is 6.01. The molecular formula is C12H17N3O3S2. The largest absolute Gasteiger partial charge is 0.325 e. The first-order valence-electron chi connectivity index (χ1n) is 6.22. The second-order valence-corrected chi connectivity index (χ2v) is 7.75. The van der Waals surface area contributed by atoms with Crippen LogP contribution < -0.4 is 10.6 Å². The molecule has 1 aliphatic rings. The molecule has 1 fully saturated rings. The third kappa shape index (κ3) is 4.46. The number of hydrogen-bond acceptors (Lipinski definition) is 6. The number of hydrogen-bond donors (Lipinski definition) is 2. The molecular weight excluding hydrogens is 298 g/mol. The molecule has 0 aromatic carbocycles. The highest BCUT2D eigenvalue weighted by Crippen LogP contribution is 2.13. The molecule has 1 atom stereocenters. The van der Waals surface area contributed by atoms with E-state index in [-0.39, 0.29) is 17.0 Å². The predicted octanol–water partition coefficient (Wildman–Crippen LogP) is 0.519. The van der Waals surface area contributed by atoms with E-state index in [9.17, 15) is 13.2 Å². The highest BCUT2D eigenvalue weighted by atomic mass is 32.2. The minimum atomic E-state index is -3.31. The molecule has 0 radical (unpaired) electrons. The minimum absolute atomic E-state index is 0.000783. The third-order valence-electron chi connectivity index (χ3n) is 2.83. The van der Waals surface area contributed by atoms with Gasteiger partial charge in [-0.05, 0) is 12.1 Å². The molecule has 110 valence electrons. The van der Waals surface area contributed by atoms with Gasteiger partial charge in [-0.1, -0.05) is 0 Å². The Kier molecular flexibility index (Phi) is 5.00. The Morgan fingerprint density at radius 3 is 2.90 bits per heavy atom. The van der Waals surface area contributed by atoms with E-state index in [0.29, 0.717) is 12.1 Å². The standard InChI is InChI=1S/C12H17N3O3S2/c1-20(17,18)12-3-2-9(7-14-12)15-11(16)6-10-8-19-5-4-13-10/h2-3,7,10,13H,4-6,8H2,1H3,(H,15,16). The SMILES string of the molecule is CS(=O)(=O)c1ccc(NC(=O)CC2CSCCN2)cn1. The molecule has 1 amide bonds. The number of anilines is 1. The highest BCUT2D eigenvalue weighted by molar-refractivity contribution is 7.99. The Morgan fingerprint density at radius 2 is 2.35 bits per heavy atom. The number of nitrogens with zero attached hydrogens (tertiary/aromatic N) is 1. The zero-order valence-electron chi connectivity index (χ0n) is 11.1. The maximum atomic E-state index is 11.9. The van der Waals surface area contributed by atoms with Gasteiger partial charge in [0, 0.05) is 36.8 Å². The van der Waals surface area contributed by atoms with E-state index in [4.69, 9.17) is 0 Å². The monoisotopic (exact) mass is 315 g/mol. The lowest BCUT2D eigenvalue weighted by atomic mass is 10.2. The molecule has 0 bridgehead atoms. The summed E-state index contributed by atoms with van der Waals surface area (Å²) in [6.45, 7) is 0.924. The van der Waals surface area contributed by atoms with Crippen molar-refractivity contribution in [2.75, 3.05) is 29.6 Å². The molecule has 0 saturated carbocycles. The molecule has 20 heavy (non-hydrogen) atoms. The van der Waals surface area contributed by atoms with Crippen LogP contribution in [0.2, 0.25) is 0 Å². The van der Waals surface area contributed by atoms with Crippen molar-refractivity contribution in [3.05, 3.63) is 18.3 Å². The van der Waals surface area contributed by atoms with Crippen LogP contribution in [0.4, 0.5) is 5.69 Å². The van der Waals surface area contributed by atoms with Crippen LogP contribution >= 0.6 is 11.8 Å². The summed E-state index contributed by atoms with van der Waals surface area (Å²) in [6, 6.07) is 3.13. The third-order valence-corrected chi connectivity index (χ3v) is 4.96. The first kappa shape index (κ1) is 15.3. The van der Waals surface area contributed by atoms with Crippen LogP contribution in [-0.2, 0) is 14.6 Å². The van der Waals surface area contributed by atoms with Crippen LogP contribution in [0.15, 0.2) is 23.4 Å². The zero-order chi connectivity index (χ0) is 14.6. The predicted molar refractivity (Wildman–Crippen MR) is 79.7 cm³/mol. The lowest BCUT2D eigenvalue weighted by Crippen LogP contribution is -2.39. The van der Waals surface area contributed by atoms with Crippen LogP contribution in [-0.4, -0.2) is 49.7 Å². The van der Waals surface area contributed by atoms with Crippen molar-refractivity contribution in [2.24, 2.45) is 0 Å². The summed E-state index contributed by atoms with van der Waals surface area (Å²) in [4.78, 5) is 15.7. The number of carbonyl (C=O) groups excluding carboxylic acids is 1. The molecule has 2 N–H and O–H groups in total. The fourth-order valence-corrected chi connectivity index (χ4v) is 3.37. The summed E-state index contributed by atoms with van der Waals surface area (Å²) in [6.07, 6.45) is 2.86. The Bertz CT molecular complexity index is 566. The van der Waals surface area contributed by atoms with E-state index >= 15 is 0 Å². The van der Waals surface area contributed by atoms with Crippen molar-refractivity contribution in [3.8, 4) is 0 Å². The van der Waals surface area contributed by atoms with Crippen molar-refractivity contribution < 1.29 is 13.2 Å². The van der Waals surface area contributed by atoms with Gasteiger partial charge < -0.3 is 10.6 Å². The van der Waals surface area contributed by atoms with Gasteiger partial charge in [-0.15, -0.1) is 0 Å². The van der Waals surface area contributed by atoms with Gasteiger partial charge in [0.2, 0.25) is 5.91 Å². The Morgan fingerprint density at radius 1 is 1.55 bits per heavy atom. The second kappa shape index (κ2) is 6.55. The second-order valence-electron chi connectivity index (χ2n) is 4.64. The van der Waals surface area contributed by atoms with E-state index < -0.39 is 9.84 Å². The summed E-state index contributed by atoms with van der Waals surface area (Å²) in [5.41, 5.74) is 0.505. The van der Waals surface area contributed by atoms with E-state index in [1.165, 1.54) is 12.3 Å². The number of sulfone groups is 1. The van der Waals surface area contributed by atoms with Crippen LogP contribution in [0.5, 0.6) is 0 Å². The molecule has 0 spiro atoms. The molecule has 6 nitrogen and oxygen atoms in total. The molecule has 1 aromatic rings. The summed E-state index contributed by atoms with van der Waals surface area (Å²) >= 11 is 1.83. The van der Waals surface area contributed by atoms with E-state index in [1.54, 1.807) is 6.07 Å². The first-order chi connectivity index (χ1) is 9.45. The molecule has 2 heterocycles. The zero-order valence-corrected chi connectivity index (χ0v) is 12.8. The van der Waals surface area contributed by atoms with Gasteiger partial charge >= 0.3 is 0 Å². The average molecular weight is 315 g/mol. The van der Waals surface area contributed by atoms with Crippen LogP contribution in [0, 0.1) is 0 Å². The number of aromatic nitrogens is 1. The molecule has 2 rings (SSSR count). The van der Waals surface area contributed by atoms with Crippen molar-refractivity contribution in [3.63, 3.8) is 0 Å². The summed E-state index contributed by atoms with van der Waals surface area (Å²) in [5.74, 6) is 1.91. The van der Waals surface area contributed by atoms with Gasteiger partial charge in [-0.25, -0.2) is 13.4 Å². The van der Waals surface area contributed by atoms with Gasteiger partial charge in [0.15, 0.2) is 14.9 Å². The molecule has 1 aromatic heterocycles. The number of thioether (sulfide) groups is 1. The van der Waals surface area contributed by atoms with E-state index in [2.05, 4.69) is 15.6 Å². The normalized spacial score (nSPS) is 19.6.